The summed E-state index contributed by atoms with van der Waals surface area (Å²) in [6, 6.07) is 7.88. The predicted molar refractivity (Wildman–Crippen MR) is 91.5 cm³/mol. The highest BCUT2D eigenvalue weighted by Gasteiger charge is 2.28. The van der Waals surface area contributed by atoms with Gasteiger partial charge in [-0.05, 0) is 25.1 Å². The summed E-state index contributed by atoms with van der Waals surface area (Å²) >= 11 is 0. The van der Waals surface area contributed by atoms with Crippen LogP contribution in [0.5, 0.6) is 6.01 Å². The van der Waals surface area contributed by atoms with Crippen molar-refractivity contribution in [3.8, 4) is 6.01 Å². The van der Waals surface area contributed by atoms with Gasteiger partial charge >= 0.3 is 6.01 Å². The maximum atomic E-state index is 13.0. The Balaban J connectivity index is 1.45. The molecule has 1 aliphatic heterocycles. The smallest absolute Gasteiger partial charge is 0.316 e. The summed E-state index contributed by atoms with van der Waals surface area (Å²) in [5.74, 6) is 0.0191. The Bertz CT molecular complexity index is 885. The van der Waals surface area contributed by atoms with E-state index in [0.717, 1.165) is 24.2 Å². The van der Waals surface area contributed by atoms with E-state index in [1.165, 1.54) is 0 Å². The molecule has 0 N–H and O–H groups in total. The summed E-state index contributed by atoms with van der Waals surface area (Å²) in [5, 5.41) is 0. The second kappa shape index (κ2) is 6.51. The van der Waals surface area contributed by atoms with Gasteiger partial charge in [-0.25, -0.2) is 15.0 Å². The van der Waals surface area contributed by atoms with Gasteiger partial charge in [0.15, 0.2) is 0 Å². The van der Waals surface area contributed by atoms with Gasteiger partial charge in [0.2, 0.25) is 0 Å². The van der Waals surface area contributed by atoms with E-state index in [1.807, 2.05) is 40.6 Å². The molecule has 7 heteroatoms. The number of aromatic nitrogens is 4. The Morgan fingerprint density at radius 1 is 1.16 bits per heavy atom. The number of piperidine rings is 1. The molecule has 0 aromatic carbocycles. The average Bonchev–Trinajstić information content (AvgIpc) is 2.98. The fourth-order valence-electron chi connectivity index (χ4n) is 3.19. The highest BCUT2D eigenvalue weighted by Crippen LogP contribution is 2.20. The summed E-state index contributed by atoms with van der Waals surface area (Å²) in [4.78, 5) is 27.5. The minimum Gasteiger partial charge on any atom is -0.460 e. The van der Waals surface area contributed by atoms with Crippen LogP contribution in [0.4, 0.5) is 0 Å². The van der Waals surface area contributed by atoms with Crippen LogP contribution in [0.15, 0.2) is 42.9 Å². The van der Waals surface area contributed by atoms with Crippen molar-refractivity contribution in [1.29, 1.82) is 0 Å². The maximum absolute atomic E-state index is 13.0. The molecule has 1 fully saturated rings. The lowest BCUT2D eigenvalue weighted by atomic mass is 10.1. The van der Waals surface area contributed by atoms with Crippen LogP contribution in [0.2, 0.25) is 0 Å². The van der Waals surface area contributed by atoms with Crippen molar-refractivity contribution < 1.29 is 9.53 Å². The van der Waals surface area contributed by atoms with Crippen LogP contribution in [0.1, 0.15) is 29.0 Å². The fourth-order valence-corrected chi connectivity index (χ4v) is 3.19. The Morgan fingerprint density at radius 2 is 1.92 bits per heavy atom. The van der Waals surface area contributed by atoms with Crippen molar-refractivity contribution in [3.05, 3.63) is 54.2 Å². The molecule has 1 saturated heterocycles. The predicted octanol–water partition coefficient (Wildman–Crippen LogP) is 2.12. The first-order valence-corrected chi connectivity index (χ1v) is 8.39. The quantitative estimate of drug-likeness (QED) is 0.732. The summed E-state index contributed by atoms with van der Waals surface area (Å²) in [6.07, 6.45) is 6.77. The largest absolute Gasteiger partial charge is 0.460 e. The Kier molecular flexibility index (Phi) is 4.05. The molecule has 0 saturated carbocycles. The number of hydrogen-bond donors (Lipinski definition) is 0. The molecule has 7 nitrogen and oxygen atoms in total. The molecule has 3 aromatic heterocycles. The number of fused-ring (bicyclic) bond motifs is 1. The minimum atomic E-state index is 0.0191. The monoisotopic (exact) mass is 337 g/mol. The van der Waals surface area contributed by atoms with Crippen molar-refractivity contribution in [2.24, 2.45) is 0 Å². The van der Waals surface area contributed by atoms with Crippen molar-refractivity contribution >= 4 is 11.6 Å². The molecule has 0 bridgehead atoms. The number of likely N-dealkylation sites (tertiary alicyclic amines) is 1. The number of imidazole rings is 1. The second-order valence-corrected chi connectivity index (χ2v) is 6.12. The standard InChI is InChI=1S/C18H19N5O2/c1-13-16(23-10-3-2-5-15(23)21-13)17(24)22-11-6-14(7-12-22)25-18-19-8-4-9-20-18/h2-5,8-10,14H,6-7,11-12H2,1H3. The maximum Gasteiger partial charge on any atom is 0.316 e. The van der Waals surface area contributed by atoms with E-state index < -0.39 is 0 Å². The molecule has 25 heavy (non-hydrogen) atoms. The molecule has 1 aliphatic rings. The van der Waals surface area contributed by atoms with Crippen molar-refractivity contribution in [3.63, 3.8) is 0 Å². The lowest BCUT2D eigenvalue weighted by Gasteiger charge is -2.31. The van der Waals surface area contributed by atoms with Crippen LogP contribution in [0.3, 0.4) is 0 Å². The molecule has 1 amide bonds. The number of carbonyl (C=O) groups is 1. The first-order chi connectivity index (χ1) is 12.2. The number of ether oxygens (including phenoxy) is 1. The van der Waals surface area contributed by atoms with Gasteiger partial charge in [0.05, 0.1) is 5.69 Å². The number of aryl methyl sites for hydroxylation is 1. The van der Waals surface area contributed by atoms with E-state index in [-0.39, 0.29) is 12.0 Å². The molecule has 0 atom stereocenters. The Hall–Kier alpha value is -2.96. The number of nitrogens with zero attached hydrogens (tertiary/aromatic N) is 5. The van der Waals surface area contributed by atoms with Crippen LogP contribution in [-0.2, 0) is 0 Å². The van der Waals surface area contributed by atoms with Crippen LogP contribution in [-0.4, -0.2) is 49.4 Å². The summed E-state index contributed by atoms with van der Waals surface area (Å²) in [6.45, 7) is 3.18. The molecule has 0 radical (unpaired) electrons. The average molecular weight is 337 g/mol. The number of hydrogen-bond acceptors (Lipinski definition) is 5. The normalized spacial score (nSPS) is 15.5. The number of rotatable bonds is 3. The van der Waals surface area contributed by atoms with Crippen molar-refractivity contribution in [2.75, 3.05) is 13.1 Å². The van der Waals surface area contributed by atoms with E-state index in [2.05, 4.69) is 15.0 Å². The van der Waals surface area contributed by atoms with E-state index in [4.69, 9.17) is 4.74 Å². The van der Waals surface area contributed by atoms with E-state index in [9.17, 15) is 4.79 Å². The molecular formula is C18H19N5O2. The molecular weight excluding hydrogens is 318 g/mol. The van der Waals surface area contributed by atoms with Crippen LogP contribution < -0.4 is 4.74 Å². The van der Waals surface area contributed by atoms with Gasteiger partial charge in [0.1, 0.15) is 17.4 Å². The lowest BCUT2D eigenvalue weighted by Crippen LogP contribution is -2.42. The van der Waals surface area contributed by atoms with Crippen LogP contribution >= 0.6 is 0 Å². The van der Waals surface area contributed by atoms with Gasteiger partial charge in [-0.3, -0.25) is 9.20 Å². The first kappa shape index (κ1) is 15.6. The van der Waals surface area contributed by atoms with Gasteiger partial charge in [-0.2, -0.15) is 0 Å². The molecule has 0 aliphatic carbocycles. The van der Waals surface area contributed by atoms with E-state index in [0.29, 0.717) is 24.8 Å². The highest BCUT2D eigenvalue weighted by molar-refractivity contribution is 5.94. The SMILES string of the molecule is Cc1nc2ccccn2c1C(=O)N1CCC(Oc2ncccn2)CC1. The third-order valence-electron chi connectivity index (χ3n) is 4.45. The zero-order chi connectivity index (χ0) is 17.2. The molecule has 0 unspecified atom stereocenters. The summed E-state index contributed by atoms with van der Waals surface area (Å²) in [7, 11) is 0. The third kappa shape index (κ3) is 3.05. The van der Waals surface area contributed by atoms with Gasteiger partial charge in [-0.1, -0.05) is 6.07 Å². The zero-order valence-corrected chi connectivity index (χ0v) is 14.0. The van der Waals surface area contributed by atoms with Gasteiger partial charge in [0.25, 0.3) is 5.91 Å². The number of carbonyl (C=O) groups excluding carboxylic acids is 1. The Morgan fingerprint density at radius 3 is 2.68 bits per heavy atom. The molecule has 4 rings (SSSR count). The fraction of sp³-hybridized carbons (Fsp3) is 0.333. The van der Waals surface area contributed by atoms with Crippen molar-refractivity contribution in [1.82, 2.24) is 24.3 Å². The van der Waals surface area contributed by atoms with Crippen LogP contribution in [0, 0.1) is 6.92 Å². The van der Waals surface area contributed by atoms with Crippen LogP contribution in [0.25, 0.3) is 5.65 Å². The topological polar surface area (TPSA) is 72.6 Å². The first-order valence-electron chi connectivity index (χ1n) is 8.39. The minimum absolute atomic E-state index is 0.0191. The number of amides is 1. The van der Waals surface area contributed by atoms with Gasteiger partial charge in [0, 0.05) is 44.5 Å². The van der Waals surface area contributed by atoms with Crippen molar-refractivity contribution in [2.45, 2.75) is 25.9 Å². The van der Waals surface area contributed by atoms with Gasteiger partial charge in [-0.15, -0.1) is 0 Å². The third-order valence-corrected chi connectivity index (χ3v) is 4.45. The van der Waals surface area contributed by atoms with E-state index >= 15 is 0 Å². The second-order valence-electron chi connectivity index (χ2n) is 6.12. The summed E-state index contributed by atoms with van der Waals surface area (Å²) < 4.78 is 7.65. The Labute approximate surface area is 145 Å². The molecule has 0 spiro atoms. The van der Waals surface area contributed by atoms with E-state index in [1.54, 1.807) is 18.5 Å². The molecule has 4 heterocycles. The summed E-state index contributed by atoms with van der Waals surface area (Å²) in [5.41, 5.74) is 2.19. The highest BCUT2D eigenvalue weighted by atomic mass is 16.5. The zero-order valence-electron chi connectivity index (χ0n) is 14.0. The molecule has 128 valence electrons. The molecule has 3 aromatic rings. The van der Waals surface area contributed by atoms with Gasteiger partial charge < -0.3 is 9.64 Å². The lowest BCUT2D eigenvalue weighted by molar-refractivity contribution is 0.0572. The number of pyridine rings is 1.